The second-order valence-electron chi connectivity index (χ2n) is 6.51. The van der Waals surface area contributed by atoms with E-state index >= 15 is 0 Å². The lowest BCUT2D eigenvalue weighted by Gasteiger charge is -2.15. The van der Waals surface area contributed by atoms with Gasteiger partial charge in [-0.25, -0.2) is 4.68 Å². The van der Waals surface area contributed by atoms with Gasteiger partial charge in [-0.3, -0.25) is 4.79 Å². The first-order valence-electron chi connectivity index (χ1n) is 8.65. The molecule has 0 atom stereocenters. The summed E-state index contributed by atoms with van der Waals surface area (Å²) < 4.78 is 7.15. The van der Waals surface area contributed by atoms with E-state index < -0.39 is 0 Å². The molecule has 0 fully saturated rings. The van der Waals surface area contributed by atoms with Gasteiger partial charge in [-0.2, -0.15) is 5.10 Å². The summed E-state index contributed by atoms with van der Waals surface area (Å²) in [6.45, 7) is 2.27. The predicted octanol–water partition coefficient (Wildman–Crippen LogP) is 2.45. The van der Waals surface area contributed by atoms with Crippen LogP contribution in [0.2, 0.25) is 0 Å². The number of rotatable bonds is 4. The Morgan fingerprint density at radius 1 is 1.12 bits per heavy atom. The van der Waals surface area contributed by atoms with E-state index in [9.17, 15) is 4.79 Å². The Bertz CT molecular complexity index is 958. The lowest BCUT2D eigenvalue weighted by Crippen LogP contribution is -2.26. The maximum absolute atomic E-state index is 12.2. The van der Waals surface area contributed by atoms with Crippen molar-refractivity contribution in [2.24, 2.45) is 0 Å². The maximum atomic E-state index is 12.2. The van der Waals surface area contributed by atoms with Crippen molar-refractivity contribution in [1.29, 1.82) is 0 Å². The average molecular weight is 336 g/mol. The first kappa shape index (κ1) is 15.7. The zero-order chi connectivity index (χ0) is 17.2. The number of aryl methyl sites for hydroxylation is 3. The summed E-state index contributed by atoms with van der Waals surface area (Å²) in [4.78, 5) is 12.2. The highest BCUT2D eigenvalue weighted by atomic mass is 16.4. The molecule has 1 aliphatic carbocycles. The number of hydrogen-bond acceptors (Lipinski definition) is 5. The molecule has 0 saturated heterocycles. The predicted molar refractivity (Wildman–Crippen MR) is 92.5 cm³/mol. The van der Waals surface area contributed by atoms with Gasteiger partial charge in [0.1, 0.15) is 6.54 Å². The van der Waals surface area contributed by atoms with Gasteiger partial charge in [-0.1, -0.05) is 24.3 Å². The normalized spacial score (nSPS) is 13.6. The number of aromatic nitrogens is 4. The van der Waals surface area contributed by atoms with E-state index in [0.29, 0.717) is 18.2 Å². The lowest BCUT2D eigenvalue weighted by molar-refractivity contribution is 0.426. The van der Waals surface area contributed by atoms with Crippen molar-refractivity contribution in [3.63, 3.8) is 0 Å². The van der Waals surface area contributed by atoms with Crippen LogP contribution < -0.4 is 5.56 Å². The van der Waals surface area contributed by atoms with Crippen LogP contribution in [0.4, 0.5) is 0 Å². The van der Waals surface area contributed by atoms with E-state index in [-0.39, 0.29) is 12.1 Å². The molecule has 25 heavy (non-hydrogen) atoms. The summed E-state index contributed by atoms with van der Waals surface area (Å²) in [7, 11) is 0. The highest BCUT2D eigenvalue weighted by Gasteiger charge is 2.15. The highest BCUT2D eigenvalue weighted by Crippen LogP contribution is 2.17. The van der Waals surface area contributed by atoms with Gasteiger partial charge in [-0.15, -0.1) is 10.2 Å². The van der Waals surface area contributed by atoms with E-state index in [1.54, 1.807) is 6.07 Å². The second kappa shape index (κ2) is 6.63. The molecule has 128 valence electrons. The fourth-order valence-electron chi connectivity index (χ4n) is 3.24. The molecule has 0 aliphatic heterocycles. The number of hydrogen-bond donors (Lipinski definition) is 0. The minimum Gasteiger partial charge on any atom is -0.423 e. The van der Waals surface area contributed by atoms with E-state index in [4.69, 9.17) is 4.42 Å². The van der Waals surface area contributed by atoms with Crippen LogP contribution in [-0.4, -0.2) is 20.0 Å². The molecule has 0 spiro atoms. The number of nitrogens with zero attached hydrogens (tertiary/aromatic N) is 4. The summed E-state index contributed by atoms with van der Waals surface area (Å²) in [6, 6.07) is 9.81. The Morgan fingerprint density at radius 2 is 1.92 bits per heavy atom. The van der Waals surface area contributed by atoms with E-state index in [2.05, 4.69) is 34.4 Å². The monoisotopic (exact) mass is 336 g/mol. The summed E-state index contributed by atoms with van der Waals surface area (Å²) in [5.74, 6) is 0.962. The van der Waals surface area contributed by atoms with Crippen LogP contribution in [-0.2, 0) is 25.8 Å². The molecule has 0 amide bonds. The van der Waals surface area contributed by atoms with Crippen LogP contribution in [0.25, 0.3) is 0 Å². The number of fused-ring (bicyclic) bond motifs is 1. The molecule has 1 aliphatic rings. The van der Waals surface area contributed by atoms with Crippen molar-refractivity contribution in [1.82, 2.24) is 20.0 Å². The molecular formula is C19H20N4O2. The SMILES string of the molecule is Cc1ccccc1Cc1nnc(Cn2nc3c(cc2=O)CCCC3)o1. The van der Waals surface area contributed by atoms with Gasteiger partial charge in [-0.05, 0) is 49.3 Å². The van der Waals surface area contributed by atoms with E-state index in [0.717, 1.165) is 42.5 Å². The van der Waals surface area contributed by atoms with Gasteiger partial charge in [0.2, 0.25) is 11.8 Å². The van der Waals surface area contributed by atoms with Crippen LogP contribution in [0.15, 0.2) is 39.5 Å². The third-order valence-electron chi connectivity index (χ3n) is 4.67. The minimum atomic E-state index is -0.112. The Labute approximate surface area is 145 Å². The van der Waals surface area contributed by atoms with Crippen molar-refractivity contribution in [2.45, 2.75) is 45.6 Å². The van der Waals surface area contributed by atoms with Crippen LogP contribution >= 0.6 is 0 Å². The topological polar surface area (TPSA) is 73.8 Å². The zero-order valence-electron chi connectivity index (χ0n) is 14.2. The molecule has 0 bridgehead atoms. The van der Waals surface area contributed by atoms with Crippen LogP contribution in [0.5, 0.6) is 0 Å². The molecular weight excluding hydrogens is 316 g/mol. The van der Waals surface area contributed by atoms with Crippen molar-refractivity contribution < 1.29 is 4.42 Å². The first-order valence-corrected chi connectivity index (χ1v) is 8.65. The third-order valence-corrected chi connectivity index (χ3v) is 4.67. The quantitative estimate of drug-likeness (QED) is 0.732. The van der Waals surface area contributed by atoms with E-state index in [1.165, 1.54) is 10.2 Å². The fraction of sp³-hybridized carbons (Fsp3) is 0.368. The van der Waals surface area contributed by atoms with Gasteiger partial charge >= 0.3 is 0 Å². The van der Waals surface area contributed by atoms with Crippen LogP contribution in [0.1, 0.15) is 47.0 Å². The molecule has 0 saturated carbocycles. The number of benzene rings is 1. The van der Waals surface area contributed by atoms with Gasteiger partial charge in [0.15, 0.2) is 0 Å². The van der Waals surface area contributed by atoms with Gasteiger partial charge in [0.05, 0.1) is 12.1 Å². The molecule has 0 N–H and O–H groups in total. The van der Waals surface area contributed by atoms with Gasteiger partial charge in [0.25, 0.3) is 5.56 Å². The third kappa shape index (κ3) is 3.38. The fourth-order valence-corrected chi connectivity index (χ4v) is 3.24. The smallest absolute Gasteiger partial charge is 0.267 e. The summed E-state index contributed by atoms with van der Waals surface area (Å²) in [5, 5.41) is 12.7. The van der Waals surface area contributed by atoms with Gasteiger partial charge in [0, 0.05) is 6.07 Å². The minimum absolute atomic E-state index is 0.112. The lowest BCUT2D eigenvalue weighted by atomic mass is 9.97. The van der Waals surface area contributed by atoms with Crippen molar-refractivity contribution in [2.75, 3.05) is 0 Å². The molecule has 1 aromatic carbocycles. The summed E-state index contributed by atoms with van der Waals surface area (Å²) in [6.07, 6.45) is 4.72. The second-order valence-corrected chi connectivity index (χ2v) is 6.51. The molecule has 2 aromatic heterocycles. The van der Waals surface area contributed by atoms with E-state index in [1.807, 2.05) is 12.1 Å². The molecule has 0 radical (unpaired) electrons. The van der Waals surface area contributed by atoms with Crippen molar-refractivity contribution in [3.05, 3.63) is 74.9 Å². The zero-order valence-corrected chi connectivity index (χ0v) is 14.2. The highest BCUT2D eigenvalue weighted by molar-refractivity contribution is 5.27. The Hall–Kier alpha value is -2.76. The Kier molecular flexibility index (Phi) is 4.17. The Balaban J connectivity index is 1.53. The molecule has 0 unspecified atom stereocenters. The summed E-state index contributed by atoms with van der Waals surface area (Å²) >= 11 is 0. The van der Waals surface area contributed by atoms with Crippen LogP contribution in [0, 0.1) is 6.92 Å². The molecule has 2 heterocycles. The largest absolute Gasteiger partial charge is 0.423 e. The van der Waals surface area contributed by atoms with Gasteiger partial charge < -0.3 is 4.42 Å². The maximum Gasteiger partial charge on any atom is 0.267 e. The van der Waals surface area contributed by atoms with Crippen molar-refractivity contribution in [3.8, 4) is 0 Å². The summed E-state index contributed by atoms with van der Waals surface area (Å²) in [5.41, 5.74) is 4.33. The molecule has 6 nitrogen and oxygen atoms in total. The molecule has 6 heteroatoms. The molecule has 4 rings (SSSR count). The Morgan fingerprint density at radius 3 is 2.80 bits per heavy atom. The standard InChI is InChI=1S/C19H20N4O2/c1-13-6-2-3-7-14(13)10-17-20-21-18(25-17)12-23-19(24)11-15-8-4-5-9-16(15)22-23/h2-3,6-7,11H,4-5,8-10,12H2,1H3. The average Bonchev–Trinajstić information content (AvgIpc) is 3.05. The molecule has 3 aromatic rings. The van der Waals surface area contributed by atoms with Crippen LogP contribution in [0.3, 0.4) is 0 Å². The first-order chi connectivity index (χ1) is 12.2. The van der Waals surface area contributed by atoms with Crippen molar-refractivity contribution >= 4 is 0 Å².